The number of amides is 5. The molecule has 2 bridgehead atoms. The van der Waals surface area contributed by atoms with Gasteiger partial charge in [0.1, 0.15) is 6.04 Å². The Bertz CT molecular complexity index is 1140. The summed E-state index contributed by atoms with van der Waals surface area (Å²) in [5.74, 6) is -0.315. The number of carbonyl (C=O) groups is 3. The zero-order chi connectivity index (χ0) is 21.2. The van der Waals surface area contributed by atoms with Crippen LogP contribution < -0.4 is 10.2 Å². The van der Waals surface area contributed by atoms with Crippen LogP contribution in [0.2, 0.25) is 0 Å². The third-order valence-corrected chi connectivity index (χ3v) is 6.20. The van der Waals surface area contributed by atoms with Gasteiger partial charge >= 0.3 is 12.1 Å². The Labute approximate surface area is 173 Å². The number of benzene rings is 2. The van der Waals surface area contributed by atoms with Crippen LogP contribution in [-0.4, -0.2) is 58.5 Å². The maximum absolute atomic E-state index is 13.4. The Morgan fingerprint density at radius 3 is 2.60 bits per heavy atom. The Morgan fingerprint density at radius 2 is 1.90 bits per heavy atom. The maximum Gasteiger partial charge on any atom is 0.332 e. The summed E-state index contributed by atoms with van der Waals surface area (Å²) in [5, 5.41) is 13.7. The van der Waals surface area contributed by atoms with Crippen molar-refractivity contribution >= 4 is 34.4 Å². The van der Waals surface area contributed by atoms with Gasteiger partial charge in [0.25, 0.3) is 5.91 Å². The summed E-state index contributed by atoms with van der Waals surface area (Å²) in [6, 6.07) is 11.0. The van der Waals surface area contributed by atoms with Crippen LogP contribution in [0.3, 0.4) is 0 Å². The molecule has 8 heteroatoms. The number of hydrogen-bond donors (Lipinski definition) is 1. The second-order valence-electron chi connectivity index (χ2n) is 8.31. The molecule has 8 nitrogen and oxygen atoms in total. The third-order valence-electron chi connectivity index (χ3n) is 6.20. The van der Waals surface area contributed by atoms with E-state index in [0.29, 0.717) is 35.0 Å². The molecule has 30 heavy (non-hydrogen) atoms. The molecule has 152 valence electrons. The number of nitrogens with one attached hydrogen (secondary N) is 1. The van der Waals surface area contributed by atoms with E-state index in [9.17, 15) is 19.6 Å². The van der Waals surface area contributed by atoms with Gasteiger partial charge in [-0.1, -0.05) is 24.3 Å². The summed E-state index contributed by atoms with van der Waals surface area (Å²) in [5.41, 5.74) is 0.970. The molecule has 2 aromatic rings. The summed E-state index contributed by atoms with van der Waals surface area (Å²) >= 11 is 0. The first-order valence-corrected chi connectivity index (χ1v) is 10.1. The number of imide groups is 1. The van der Waals surface area contributed by atoms with Crippen LogP contribution in [0.5, 0.6) is 0 Å². The molecule has 3 fully saturated rings. The molecule has 0 radical (unpaired) electrons. The monoisotopic (exact) mass is 403 g/mol. The molecule has 2 aromatic carbocycles. The van der Waals surface area contributed by atoms with Gasteiger partial charge in [-0.3, -0.25) is 4.79 Å². The van der Waals surface area contributed by atoms with E-state index in [1.807, 2.05) is 38.1 Å². The van der Waals surface area contributed by atoms with Gasteiger partial charge in [0.05, 0.1) is 29.4 Å². The van der Waals surface area contributed by atoms with Crippen molar-refractivity contribution in [3.8, 4) is 6.07 Å². The number of piperazine rings is 1. The van der Waals surface area contributed by atoms with Crippen molar-refractivity contribution in [2.75, 3.05) is 11.4 Å². The van der Waals surface area contributed by atoms with Crippen LogP contribution in [0.4, 0.5) is 15.3 Å². The zero-order valence-corrected chi connectivity index (χ0v) is 16.7. The molecule has 5 amide bonds. The first-order chi connectivity index (χ1) is 14.4. The van der Waals surface area contributed by atoms with Crippen molar-refractivity contribution in [1.82, 2.24) is 15.1 Å². The minimum Gasteiger partial charge on any atom is -0.336 e. The minimum atomic E-state index is -0.663. The lowest BCUT2D eigenvalue weighted by molar-refractivity contribution is -0.120. The molecule has 3 heterocycles. The number of carbonyl (C=O) groups excluding carboxylic acids is 3. The van der Waals surface area contributed by atoms with Gasteiger partial charge in [-0.2, -0.15) is 5.26 Å². The largest absolute Gasteiger partial charge is 0.336 e. The first-order valence-electron chi connectivity index (χ1n) is 10.1. The average Bonchev–Trinajstić information content (AvgIpc) is 3.38. The van der Waals surface area contributed by atoms with E-state index in [0.717, 1.165) is 0 Å². The van der Waals surface area contributed by atoms with Crippen LogP contribution in [0.25, 0.3) is 10.8 Å². The number of anilines is 1. The smallest absolute Gasteiger partial charge is 0.332 e. The fourth-order valence-electron chi connectivity index (χ4n) is 5.02. The fraction of sp³-hybridized carbons (Fsp3) is 0.364. The van der Waals surface area contributed by atoms with Gasteiger partial charge in [-0.25, -0.2) is 14.5 Å². The molecule has 3 atom stereocenters. The normalized spacial score (nSPS) is 24.7. The van der Waals surface area contributed by atoms with Crippen molar-refractivity contribution in [3.05, 3.63) is 42.0 Å². The highest BCUT2D eigenvalue weighted by molar-refractivity contribution is 6.25. The van der Waals surface area contributed by atoms with Crippen LogP contribution >= 0.6 is 0 Å². The fourth-order valence-corrected chi connectivity index (χ4v) is 5.02. The number of nitrogens with zero attached hydrogens (tertiary/aromatic N) is 4. The quantitative estimate of drug-likeness (QED) is 0.779. The first kappa shape index (κ1) is 18.4. The lowest BCUT2D eigenvalue weighted by atomic mass is 10.0. The second kappa shape index (κ2) is 6.46. The lowest BCUT2D eigenvalue weighted by Crippen LogP contribution is -2.57. The van der Waals surface area contributed by atoms with E-state index >= 15 is 0 Å². The van der Waals surface area contributed by atoms with E-state index in [-0.39, 0.29) is 36.1 Å². The van der Waals surface area contributed by atoms with Crippen molar-refractivity contribution in [2.45, 2.75) is 44.4 Å². The zero-order valence-electron chi connectivity index (χ0n) is 16.7. The van der Waals surface area contributed by atoms with Gasteiger partial charge in [0, 0.05) is 23.4 Å². The average molecular weight is 403 g/mol. The number of fused-ring (bicyclic) bond motifs is 6. The summed E-state index contributed by atoms with van der Waals surface area (Å²) in [4.78, 5) is 43.8. The number of nitriles is 1. The molecule has 5 rings (SSSR count). The summed E-state index contributed by atoms with van der Waals surface area (Å²) in [6.07, 6.45) is 0.621. The second-order valence-corrected chi connectivity index (χ2v) is 8.31. The SMILES string of the molecule is CC(C)NC(=O)N1C[C@@H]2C[C@H]1[C@@H]1C(=O)N(c3ccc(C#N)c4ccccc34)C(=O)N21. The van der Waals surface area contributed by atoms with Crippen molar-refractivity contribution in [1.29, 1.82) is 5.26 Å². The number of hydrogen-bond acceptors (Lipinski definition) is 4. The number of rotatable bonds is 2. The van der Waals surface area contributed by atoms with Crippen molar-refractivity contribution in [2.24, 2.45) is 0 Å². The molecule has 0 saturated carbocycles. The molecule has 0 unspecified atom stereocenters. The van der Waals surface area contributed by atoms with E-state index in [1.54, 1.807) is 21.9 Å². The van der Waals surface area contributed by atoms with E-state index in [1.165, 1.54) is 4.90 Å². The van der Waals surface area contributed by atoms with Crippen LogP contribution in [0, 0.1) is 11.3 Å². The van der Waals surface area contributed by atoms with Gasteiger partial charge < -0.3 is 15.1 Å². The predicted octanol–water partition coefficient (Wildman–Crippen LogP) is 2.42. The highest BCUT2D eigenvalue weighted by Crippen LogP contribution is 2.43. The molecule has 0 aromatic heterocycles. The number of urea groups is 2. The van der Waals surface area contributed by atoms with Crippen LogP contribution in [-0.2, 0) is 4.79 Å². The molecular weight excluding hydrogens is 382 g/mol. The minimum absolute atomic E-state index is 0.00449. The lowest BCUT2D eigenvalue weighted by Gasteiger charge is -2.35. The summed E-state index contributed by atoms with van der Waals surface area (Å²) in [7, 11) is 0. The van der Waals surface area contributed by atoms with E-state index in [2.05, 4.69) is 11.4 Å². The van der Waals surface area contributed by atoms with Crippen LogP contribution in [0.1, 0.15) is 25.8 Å². The maximum atomic E-state index is 13.4. The topological polar surface area (TPSA) is 96.7 Å². The summed E-state index contributed by atoms with van der Waals surface area (Å²) < 4.78 is 0. The van der Waals surface area contributed by atoms with Crippen molar-refractivity contribution < 1.29 is 14.4 Å². The molecule has 3 saturated heterocycles. The highest BCUT2D eigenvalue weighted by Gasteiger charge is 2.63. The van der Waals surface area contributed by atoms with E-state index < -0.39 is 6.04 Å². The molecule has 3 aliphatic rings. The van der Waals surface area contributed by atoms with Gasteiger partial charge in [0.15, 0.2) is 0 Å². The van der Waals surface area contributed by atoms with Crippen molar-refractivity contribution in [3.63, 3.8) is 0 Å². The molecule has 0 spiro atoms. The van der Waals surface area contributed by atoms with Crippen LogP contribution in [0.15, 0.2) is 36.4 Å². The highest BCUT2D eigenvalue weighted by atomic mass is 16.2. The Balaban J connectivity index is 1.53. The van der Waals surface area contributed by atoms with Gasteiger partial charge in [0.2, 0.25) is 0 Å². The predicted molar refractivity (Wildman–Crippen MR) is 110 cm³/mol. The molecule has 0 aliphatic carbocycles. The van der Waals surface area contributed by atoms with Gasteiger partial charge in [-0.05, 0) is 32.4 Å². The Hall–Kier alpha value is -3.60. The third kappa shape index (κ3) is 2.41. The Kier molecular flexibility index (Phi) is 3.97. The number of likely N-dealkylation sites (tertiary alicyclic amines) is 1. The Morgan fingerprint density at radius 1 is 1.17 bits per heavy atom. The molecule has 3 aliphatic heterocycles. The molecular formula is C22H21N5O3. The van der Waals surface area contributed by atoms with E-state index in [4.69, 9.17) is 0 Å². The van der Waals surface area contributed by atoms with Gasteiger partial charge in [-0.15, -0.1) is 0 Å². The standard InChI is InChI=1S/C22H21N5O3/c1-12(2)24-21(29)25-11-14-9-18(25)19-20(28)27(22(30)26(14)19)17-8-7-13(10-23)15-5-3-4-6-16(15)17/h3-8,12,14,18-19H,9,11H2,1-2H3,(H,24,29)/t14-,18-,19+/m0/s1. The molecule has 1 N–H and O–H groups in total. The summed E-state index contributed by atoms with van der Waals surface area (Å²) in [6.45, 7) is 4.21.